The maximum absolute atomic E-state index is 12.0. The van der Waals surface area contributed by atoms with E-state index in [0.29, 0.717) is 23.6 Å². The zero-order valence-corrected chi connectivity index (χ0v) is 12.6. The molecule has 1 saturated heterocycles. The Kier molecular flexibility index (Phi) is 5.67. The van der Waals surface area contributed by atoms with E-state index in [1.54, 1.807) is 18.2 Å². The molecule has 0 spiro atoms. The highest BCUT2D eigenvalue weighted by Gasteiger charge is 2.16. The first kappa shape index (κ1) is 15.9. The molecule has 1 aromatic carbocycles. The summed E-state index contributed by atoms with van der Waals surface area (Å²) in [6, 6.07) is 5.25. The van der Waals surface area contributed by atoms with Crippen LogP contribution < -0.4 is 20.1 Å². The van der Waals surface area contributed by atoms with Gasteiger partial charge in [-0.1, -0.05) is 0 Å². The molecule has 0 radical (unpaired) electrons. The number of nitrogens with one attached hydrogen (secondary N) is 2. The maximum Gasteiger partial charge on any atom is 0.251 e. The minimum atomic E-state index is -0.0709. The third-order valence-electron chi connectivity index (χ3n) is 3.56. The van der Waals surface area contributed by atoms with Gasteiger partial charge in [0.2, 0.25) is 6.79 Å². The lowest BCUT2D eigenvalue weighted by atomic mass is 10.2. The summed E-state index contributed by atoms with van der Waals surface area (Å²) in [5.74, 6) is 1.26. The van der Waals surface area contributed by atoms with Crippen LogP contribution in [0.3, 0.4) is 0 Å². The Morgan fingerprint density at radius 3 is 2.81 bits per heavy atom. The first-order valence-electron chi connectivity index (χ1n) is 6.94. The van der Waals surface area contributed by atoms with Crippen molar-refractivity contribution in [2.75, 3.05) is 46.1 Å². The molecule has 0 unspecified atom stereocenters. The lowest BCUT2D eigenvalue weighted by Gasteiger charge is -2.27. The summed E-state index contributed by atoms with van der Waals surface area (Å²) in [6.45, 7) is 5.90. The van der Waals surface area contributed by atoms with Crippen LogP contribution in [0.4, 0.5) is 0 Å². The van der Waals surface area contributed by atoms with Gasteiger partial charge < -0.3 is 20.1 Å². The van der Waals surface area contributed by atoms with E-state index in [9.17, 15) is 4.79 Å². The molecule has 0 saturated carbocycles. The van der Waals surface area contributed by atoms with E-state index in [2.05, 4.69) is 15.5 Å². The van der Waals surface area contributed by atoms with Crippen LogP contribution in [0.1, 0.15) is 10.4 Å². The van der Waals surface area contributed by atoms with Gasteiger partial charge in [0.1, 0.15) is 0 Å². The summed E-state index contributed by atoms with van der Waals surface area (Å²) in [7, 11) is 0. The Bertz CT molecular complexity index is 492. The second-order valence-electron chi connectivity index (χ2n) is 4.92. The number of piperazine rings is 1. The molecule has 0 aromatic heterocycles. The van der Waals surface area contributed by atoms with Crippen LogP contribution in [0.5, 0.6) is 11.5 Å². The van der Waals surface area contributed by atoms with E-state index >= 15 is 0 Å². The fourth-order valence-corrected chi connectivity index (χ4v) is 2.40. The zero-order valence-electron chi connectivity index (χ0n) is 11.8. The summed E-state index contributed by atoms with van der Waals surface area (Å²) >= 11 is 0. The summed E-state index contributed by atoms with van der Waals surface area (Å²) in [6.07, 6.45) is 0. The molecular formula is C14H20ClN3O3. The third-order valence-corrected chi connectivity index (χ3v) is 3.56. The SMILES string of the molecule is Cl.O=C(NCCN1CCNCC1)c1ccc2c(c1)OCO2. The lowest BCUT2D eigenvalue weighted by molar-refractivity contribution is 0.0947. The van der Waals surface area contributed by atoms with Crippen LogP contribution in [-0.4, -0.2) is 56.9 Å². The number of amides is 1. The van der Waals surface area contributed by atoms with Crippen LogP contribution in [0, 0.1) is 0 Å². The summed E-state index contributed by atoms with van der Waals surface area (Å²) in [5, 5.41) is 6.25. The Morgan fingerprint density at radius 2 is 2.00 bits per heavy atom. The molecule has 6 nitrogen and oxygen atoms in total. The van der Waals surface area contributed by atoms with E-state index in [0.717, 1.165) is 32.7 Å². The highest BCUT2D eigenvalue weighted by Crippen LogP contribution is 2.32. The molecule has 1 aromatic rings. The predicted molar refractivity (Wildman–Crippen MR) is 81.5 cm³/mol. The van der Waals surface area contributed by atoms with E-state index in [1.807, 2.05) is 0 Å². The topological polar surface area (TPSA) is 62.8 Å². The number of fused-ring (bicyclic) bond motifs is 1. The molecule has 0 aliphatic carbocycles. The molecule has 2 aliphatic rings. The van der Waals surface area contributed by atoms with Crippen molar-refractivity contribution in [2.45, 2.75) is 0 Å². The van der Waals surface area contributed by atoms with Crippen LogP contribution in [0.15, 0.2) is 18.2 Å². The third kappa shape index (κ3) is 4.00. The number of hydrogen-bond donors (Lipinski definition) is 2. The Balaban J connectivity index is 0.00000161. The molecule has 2 aliphatic heterocycles. The number of benzene rings is 1. The Hall–Kier alpha value is -1.50. The van der Waals surface area contributed by atoms with Gasteiger partial charge in [-0.2, -0.15) is 0 Å². The zero-order chi connectivity index (χ0) is 13.8. The molecule has 1 fully saturated rings. The molecule has 7 heteroatoms. The van der Waals surface area contributed by atoms with Crippen molar-refractivity contribution in [3.05, 3.63) is 23.8 Å². The smallest absolute Gasteiger partial charge is 0.251 e. The van der Waals surface area contributed by atoms with Gasteiger partial charge >= 0.3 is 0 Å². The quantitative estimate of drug-likeness (QED) is 0.846. The standard InChI is InChI=1S/C14H19N3O3.ClH/c18-14(16-5-8-17-6-3-15-4-7-17)11-1-2-12-13(9-11)20-10-19-12;/h1-2,9,15H,3-8,10H2,(H,16,18);1H. The van der Waals surface area contributed by atoms with E-state index in [1.165, 1.54) is 0 Å². The molecule has 0 atom stereocenters. The number of nitrogens with zero attached hydrogens (tertiary/aromatic N) is 1. The van der Waals surface area contributed by atoms with E-state index < -0.39 is 0 Å². The summed E-state index contributed by atoms with van der Waals surface area (Å²) in [4.78, 5) is 14.4. The van der Waals surface area contributed by atoms with Crippen LogP contribution in [-0.2, 0) is 0 Å². The van der Waals surface area contributed by atoms with Crippen molar-refractivity contribution in [3.63, 3.8) is 0 Å². The highest BCUT2D eigenvalue weighted by atomic mass is 35.5. The van der Waals surface area contributed by atoms with Gasteiger partial charge in [0.25, 0.3) is 5.91 Å². The minimum Gasteiger partial charge on any atom is -0.454 e. The van der Waals surface area contributed by atoms with E-state index in [4.69, 9.17) is 9.47 Å². The number of hydrogen-bond acceptors (Lipinski definition) is 5. The fourth-order valence-electron chi connectivity index (χ4n) is 2.40. The lowest BCUT2D eigenvalue weighted by Crippen LogP contribution is -2.46. The average molecular weight is 314 g/mol. The van der Waals surface area contributed by atoms with E-state index in [-0.39, 0.29) is 25.1 Å². The van der Waals surface area contributed by atoms with Gasteiger partial charge in [0.15, 0.2) is 11.5 Å². The van der Waals surface area contributed by atoms with Crippen molar-refractivity contribution >= 4 is 18.3 Å². The molecule has 1 amide bonds. The van der Waals surface area contributed by atoms with Crippen molar-refractivity contribution < 1.29 is 14.3 Å². The maximum atomic E-state index is 12.0. The molecular weight excluding hydrogens is 294 g/mol. The van der Waals surface area contributed by atoms with Crippen LogP contribution >= 0.6 is 12.4 Å². The van der Waals surface area contributed by atoms with Gasteiger partial charge in [0.05, 0.1) is 0 Å². The van der Waals surface area contributed by atoms with Crippen molar-refractivity contribution in [1.29, 1.82) is 0 Å². The molecule has 0 bridgehead atoms. The normalized spacial score (nSPS) is 17.1. The predicted octanol–water partition coefficient (Wildman–Crippen LogP) is 0.472. The largest absolute Gasteiger partial charge is 0.454 e. The van der Waals surface area contributed by atoms with Crippen molar-refractivity contribution in [2.24, 2.45) is 0 Å². The van der Waals surface area contributed by atoms with Crippen LogP contribution in [0.2, 0.25) is 0 Å². The number of carbonyl (C=O) groups excluding carboxylic acids is 1. The van der Waals surface area contributed by atoms with Gasteiger partial charge in [-0.15, -0.1) is 12.4 Å². The average Bonchev–Trinajstić information content (AvgIpc) is 2.95. The van der Waals surface area contributed by atoms with Gasteiger partial charge in [-0.3, -0.25) is 9.69 Å². The number of halogens is 1. The molecule has 3 rings (SSSR count). The second-order valence-corrected chi connectivity index (χ2v) is 4.92. The molecule has 21 heavy (non-hydrogen) atoms. The number of carbonyl (C=O) groups is 1. The number of ether oxygens (including phenoxy) is 2. The van der Waals surface area contributed by atoms with Gasteiger partial charge in [-0.05, 0) is 18.2 Å². The molecule has 116 valence electrons. The second kappa shape index (κ2) is 7.49. The Labute approximate surface area is 130 Å². The first-order valence-corrected chi connectivity index (χ1v) is 6.94. The Morgan fingerprint density at radius 1 is 1.24 bits per heavy atom. The van der Waals surface area contributed by atoms with Gasteiger partial charge in [0, 0.05) is 44.8 Å². The summed E-state index contributed by atoms with van der Waals surface area (Å²) in [5.41, 5.74) is 0.606. The number of rotatable bonds is 4. The molecule has 2 heterocycles. The monoisotopic (exact) mass is 313 g/mol. The van der Waals surface area contributed by atoms with Crippen LogP contribution in [0.25, 0.3) is 0 Å². The molecule has 2 N–H and O–H groups in total. The van der Waals surface area contributed by atoms with Crippen molar-refractivity contribution in [3.8, 4) is 11.5 Å². The highest BCUT2D eigenvalue weighted by molar-refractivity contribution is 5.94. The van der Waals surface area contributed by atoms with Gasteiger partial charge in [-0.25, -0.2) is 0 Å². The summed E-state index contributed by atoms with van der Waals surface area (Å²) < 4.78 is 10.5. The van der Waals surface area contributed by atoms with Crippen molar-refractivity contribution in [1.82, 2.24) is 15.5 Å². The first-order chi connectivity index (χ1) is 9.83. The minimum absolute atomic E-state index is 0. The fraction of sp³-hybridized carbons (Fsp3) is 0.500.